The molecule has 94 valence electrons. The van der Waals surface area contributed by atoms with Crippen molar-refractivity contribution in [1.29, 1.82) is 5.26 Å². The number of fused-ring (bicyclic) bond motifs is 1. The van der Waals surface area contributed by atoms with Crippen LogP contribution in [0.3, 0.4) is 0 Å². The SMILES string of the molecule is N#CC1CCCCC1Oc1ccc2c(c1)OCO2. The van der Waals surface area contributed by atoms with Crippen molar-refractivity contribution in [1.82, 2.24) is 0 Å². The molecule has 1 aromatic rings. The fourth-order valence-electron chi connectivity index (χ4n) is 2.51. The van der Waals surface area contributed by atoms with Gasteiger partial charge in [-0.1, -0.05) is 6.42 Å². The van der Waals surface area contributed by atoms with Crippen molar-refractivity contribution in [3.05, 3.63) is 18.2 Å². The van der Waals surface area contributed by atoms with Crippen LogP contribution in [-0.2, 0) is 0 Å². The monoisotopic (exact) mass is 245 g/mol. The van der Waals surface area contributed by atoms with Gasteiger partial charge in [0.05, 0.1) is 12.0 Å². The zero-order valence-corrected chi connectivity index (χ0v) is 10.1. The van der Waals surface area contributed by atoms with E-state index < -0.39 is 0 Å². The van der Waals surface area contributed by atoms with E-state index in [4.69, 9.17) is 19.5 Å². The molecule has 18 heavy (non-hydrogen) atoms. The molecule has 1 heterocycles. The molecule has 0 aromatic heterocycles. The van der Waals surface area contributed by atoms with Gasteiger partial charge in [-0.05, 0) is 31.4 Å². The number of hydrogen-bond donors (Lipinski definition) is 0. The first kappa shape index (κ1) is 11.2. The van der Waals surface area contributed by atoms with E-state index in [1.54, 1.807) is 0 Å². The molecule has 2 atom stereocenters. The lowest BCUT2D eigenvalue weighted by atomic mass is 9.87. The maximum Gasteiger partial charge on any atom is 0.231 e. The molecule has 2 unspecified atom stereocenters. The van der Waals surface area contributed by atoms with Crippen LogP contribution >= 0.6 is 0 Å². The first-order chi connectivity index (χ1) is 8.86. The normalized spacial score (nSPS) is 25.5. The van der Waals surface area contributed by atoms with E-state index in [0.29, 0.717) is 0 Å². The van der Waals surface area contributed by atoms with Gasteiger partial charge >= 0.3 is 0 Å². The molecule has 0 amide bonds. The van der Waals surface area contributed by atoms with E-state index in [1.807, 2.05) is 18.2 Å². The Morgan fingerprint density at radius 3 is 2.89 bits per heavy atom. The third-order valence-corrected chi connectivity index (χ3v) is 3.50. The standard InChI is InChI=1S/C14H15NO3/c15-8-10-3-1-2-4-12(10)18-11-5-6-13-14(7-11)17-9-16-13/h5-7,10,12H,1-4,9H2. The van der Waals surface area contributed by atoms with Gasteiger partial charge in [-0.2, -0.15) is 5.26 Å². The Hall–Kier alpha value is -1.89. The number of nitrogens with zero attached hydrogens (tertiary/aromatic N) is 1. The van der Waals surface area contributed by atoms with Crippen molar-refractivity contribution in [3.8, 4) is 23.3 Å². The summed E-state index contributed by atoms with van der Waals surface area (Å²) < 4.78 is 16.5. The molecule has 0 radical (unpaired) electrons. The molecule has 4 heteroatoms. The highest BCUT2D eigenvalue weighted by molar-refractivity contribution is 5.46. The number of ether oxygens (including phenoxy) is 3. The van der Waals surface area contributed by atoms with Crippen LogP contribution in [0.1, 0.15) is 25.7 Å². The summed E-state index contributed by atoms with van der Waals surface area (Å²) in [6.45, 7) is 0.267. The largest absolute Gasteiger partial charge is 0.489 e. The van der Waals surface area contributed by atoms with Crippen molar-refractivity contribution < 1.29 is 14.2 Å². The lowest BCUT2D eigenvalue weighted by Crippen LogP contribution is -2.29. The highest BCUT2D eigenvalue weighted by Crippen LogP contribution is 2.36. The van der Waals surface area contributed by atoms with Gasteiger partial charge in [-0.25, -0.2) is 0 Å². The van der Waals surface area contributed by atoms with Gasteiger partial charge in [-0.3, -0.25) is 0 Å². The Kier molecular flexibility index (Phi) is 2.97. The van der Waals surface area contributed by atoms with Crippen LogP contribution in [0.4, 0.5) is 0 Å². The van der Waals surface area contributed by atoms with Crippen LogP contribution in [0.15, 0.2) is 18.2 Å². The Bertz CT molecular complexity index is 480. The summed E-state index contributed by atoms with van der Waals surface area (Å²) in [5.74, 6) is 2.23. The Labute approximate surface area is 106 Å². The molecule has 3 rings (SSSR count). The van der Waals surface area contributed by atoms with Gasteiger partial charge in [-0.15, -0.1) is 0 Å². The summed E-state index contributed by atoms with van der Waals surface area (Å²) in [7, 11) is 0. The fraction of sp³-hybridized carbons (Fsp3) is 0.500. The summed E-state index contributed by atoms with van der Waals surface area (Å²) in [4.78, 5) is 0. The van der Waals surface area contributed by atoms with Crippen molar-refractivity contribution in [2.75, 3.05) is 6.79 Å². The van der Waals surface area contributed by atoms with Crippen molar-refractivity contribution in [2.24, 2.45) is 5.92 Å². The highest BCUT2D eigenvalue weighted by atomic mass is 16.7. The van der Waals surface area contributed by atoms with Crippen LogP contribution in [0.25, 0.3) is 0 Å². The first-order valence-corrected chi connectivity index (χ1v) is 6.33. The average molecular weight is 245 g/mol. The minimum Gasteiger partial charge on any atom is -0.489 e. The Morgan fingerprint density at radius 2 is 2.00 bits per heavy atom. The van der Waals surface area contributed by atoms with Crippen molar-refractivity contribution in [2.45, 2.75) is 31.8 Å². The maximum absolute atomic E-state index is 9.12. The predicted molar refractivity (Wildman–Crippen MR) is 64.6 cm³/mol. The van der Waals surface area contributed by atoms with Crippen LogP contribution in [-0.4, -0.2) is 12.9 Å². The zero-order valence-electron chi connectivity index (χ0n) is 10.1. The zero-order chi connectivity index (χ0) is 12.4. The molecule has 1 aromatic carbocycles. The number of rotatable bonds is 2. The molecule has 0 N–H and O–H groups in total. The molecule has 1 aliphatic heterocycles. The second-order valence-electron chi connectivity index (χ2n) is 4.69. The predicted octanol–water partition coefficient (Wildman–Crippen LogP) is 2.88. The lowest BCUT2D eigenvalue weighted by molar-refractivity contribution is 0.120. The summed E-state index contributed by atoms with van der Waals surface area (Å²) in [5.41, 5.74) is 0. The third-order valence-electron chi connectivity index (χ3n) is 3.50. The van der Waals surface area contributed by atoms with E-state index >= 15 is 0 Å². The molecule has 2 aliphatic rings. The molecular weight excluding hydrogens is 230 g/mol. The third kappa shape index (κ3) is 2.08. The van der Waals surface area contributed by atoms with E-state index in [-0.39, 0.29) is 18.8 Å². The second-order valence-corrected chi connectivity index (χ2v) is 4.69. The number of benzene rings is 1. The van der Waals surface area contributed by atoms with Gasteiger partial charge < -0.3 is 14.2 Å². The summed E-state index contributed by atoms with van der Waals surface area (Å²) >= 11 is 0. The molecule has 1 aliphatic carbocycles. The molecule has 0 spiro atoms. The van der Waals surface area contributed by atoms with Gasteiger partial charge in [0, 0.05) is 6.07 Å². The van der Waals surface area contributed by atoms with E-state index in [2.05, 4.69) is 6.07 Å². The van der Waals surface area contributed by atoms with Gasteiger partial charge in [0.15, 0.2) is 11.5 Å². The fourth-order valence-corrected chi connectivity index (χ4v) is 2.51. The average Bonchev–Trinajstić information content (AvgIpc) is 2.87. The second kappa shape index (κ2) is 4.77. The van der Waals surface area contributed by atoms with E-state index in [9.17, 15) is 0 Å². The molecule has 1 saturated carbocycles. The first-order valence-electron chi connectivity index (χ1n) is 6.33. The van der Waals surface area contributed by atoms with E-state index in [0.717, 1.165) is 42.9 Å². The van der Waals surface area contributed by atoms with Crippen LogP contribution in [0.2, 0.25) is 0 Å². The van der Waals surface area contributed by atoms with E-state index in [1.165, 1.54) is 0 Å². The topological polar surface area (TPSA) is 51.5 Å². The minimum atomic E-state index is 0.00382. The lowest BCUT2D eigenvalue weighted by Gasteiger charge is -2.27. The van der Waals surface area contributed by atoms with Crippen LogP contribution in [0, 0.1) is 17.2 Å². The molecule has 0 bridgehead atoms. The number of hydrogen-bond acceptors (Lipinski definition) is 4. The molecule has 0 saturated heterocycles. The van der Waals surface area contributed by atoms with Crippen molar-refractivity contribution >= 4 is 0 Å². The molecule has 4 nitrogen and oxygen atoms in total. The highest BCUT2D eigenvalue weighted by Gasteiger charge is 2.27. The number of nitriles is 1. The summed E-state index contributed by atoms with van der Waals surface area (Å²) in [5, 5.41) is 9.12. The van der Waals surface area contributed by atoms with Gasteiger partial charge in [0.2, 0.25) is 6.79 Å². The van der Waals surface area contributed by atoms with Crippen LogP contribution in [0.5, 0.6) is 17.2 Å². The Morgan fingerprint density at radius 1 is 1.17 bits per heavy atom. The molecular formula is C14H15NO3. The molecule has 1 fully saturated rings. The quantitative estimate of drug-likeness (QED) is 0.803. The Balaban J connectivity index is 1.74. The maximum atomic E-state index is 9.12. The smallest absolute Gasteiger partial charge is 0.231 e. The van der Waals surface area contributed by atoms with Gasteiger partial charge in [0.25, 0.3) is 0 Å². The summed E-state index contributed by atoms with van der Waals surface area (Å²) in [6.07, 6.45) is 4.15. The minimum absolute atomic E-state index is 0.00382. The van der Waals surface area contributed by atoms with Crippen LogP contribution < -0.4 is 14.2 Å². The summed E-state index contributed by atoms with van der Waals surface area (Å²) in [6, 6.07) is 7.90. The van der Waals surface area contributed by atoms with Gasteiger partial charge in [0.1, 0.15) is 11.9 Å². The van der Waals surface area contributed by atoms with Crippen molar-refractivity contribution in [3.63, 3.8) is 0 Å².